The molecule has 0 saturated heterocycles. The number of carbonyl (C=O) groups excluding carboxylic acids is 1. The molecule has 33 heavy (non-hydrogen) atoms. The van der Waals surface area contributed by atoms with E-state index in [1.807, 2.05) is 17.5 Å². The third-order valence-corrected chi connectivity index (χ3v) is 6.27. The number of hydrogen-bond donors (Lipinski definition) is 1. The van der Waals surface area contributed by atoms with Crippen LogP contribution >= 0.6 is 11.3 Å². The number of hydrogen-bond acceptors (Lipinski definition) is 5. The molecule has 0 spiro atoms. The molecule has 1 aliphatic rings. The highest BCUT2D eigenvalue weighted by molar-refractivity contribution is 7.09. The van der Waals surface area contributed by atoms with Crippen LogP contribution in [0.1, 0.15) is 29.3 Å². The van der Waals surface area contributed by atoms with Crippen LogP contribution in [0.4, 0.5) is 13.6 Å². The third-order valence-electron chi connectivity index (χ3n) is 5.41. The Morgan fingerprint density at radius 1 is 1.09 bits per heavy atom. The number of nitrogens with zero attached hydrogens (tertiary/aromatic N) is 3. The second-order valence-corrected chi connectivity index (χ2v) is 8.57. The van der Waals surface area contributed by atoms with Gasteiger partial charge in [-0.15, -0.1) is 11.3 Å². The van der Waals surface area contributed by atoms with Crippen LogP contribution in [0.25, 0.3) is 17.0 Å². The Bertz CT molecular complexity index is 1350. The van der Waals surface area contributed by atoms with E-state index in [1.54, 1.807) is 36.1 Å². The van der Waals surface area contributed by atoms with Crippen molar-refractivity contribution in [3.8, 4) is 11.4 Å². The molecule has 0 radical (unpaired) electrons. The smallest absolute Gasteiger partial charge is 0.322 e. The third kappa shape index (κ3) is 4.14. The van der Waals surface area contributed by atoms with Gasteiger partial charge in [0.05, 0.1) is 18.2 Å². The Balaban J connectivity index is 1.61. The summed E-state index contributed by atoms with van der Waals surface area (Å²) in [7, 11) is 0. The number of amides is 2. The number of nitrogens with one attached hydrogen (secondary N) is 1. The van der Waals surface area contributed by atoms with E-state index < -0.39 is 17.7 Å². The lowest BCUT2D eigenvalue weighted by atomic mass is 9.94. The molecule has 9 heteroatoms. The second kappa shape index (κ2) is 8.59. The van der Waals surface area contributed by atoms with Crippen molar-refractivity contribution in [2.75, 3.05) is 0 Å². The van der Waals surface area contributed by atoms with Gasteiger partial charge in [0.25, 0.3) is 5.89 Å². The zero-order chi connectivity index (χ0) is 22.9. The molecule has 0 aliphatic carbocycles. The summed E-state index contributed by atoms with van der Waals surface area (Å²) >= 11 is 1.54. The van der Waals surface area contributed by atoms with Gasteiger partial charge in [-0.2, -0.15) is 4.98 Å². The molecule has 4 aromatic rings. The van der Waals surface area contributed by atoms with Crippen molar-refractivity contribution in [3.05, 3.63) is 99.7 Å². The monoisotopic (exact) mass is 464 g/mol. The minimum absolute atomic E-state index is 0.164. The van der Waals surface area contributed by atoms with Gasteiger partial charge in [0.2, 0.25) is 5.82 Å². The molecule has 2 amide bonds. The Kier molecular flexibility index (Phi) is 5.47. The molecule has 3 heterocycles. The van der Waals surface area contributed by atoms with Gasteiger partial charge >= 0.3 is 6.03 Å². The van der Waals surface area contributed by atoms with Crippen LogP contribution in [0.5, 0.6) is 0 Å². The zero-order valence-electron chi connectivity index (χ0n) is 17.5. The number of aromatic nitrogens is 2. The fourth-order valence-electron chi connectivity index (χ4n) is 3.82. The summed E-state index contributed by atoms with van der Waals surface area (Å²) in [5.41, 5.74) is 2.16. The predicted molar refractivity (Wildman–Crippen MR) is 120 cm³/mol. The van der Waals surface area contributed by atoms with Crippen molar-refractivity contribution < 1.29 is 18.1 Å². The number of carbonyl (C=O) groups is 1. The molecule has 0 bridgehead atoms. The van der Waals surface area contributed by atoms with Crippen molar-refractivity contribution in [2.45, 2.75) is 19.5 Å². The minimum Gasteiger partial charge on any atom is -0.334 e. The fourth-order valence-corrected chi connectivity index (χ4v) is 4.51. The summed E-state index contributed by atoms with van der Waals surface area (Å²) in [6.45, 7) is 2.15. The zero-order valence-corrected chi connectivity index (χ0v) is 18.3. The van der Waals surface area contributed by atoms with E-state index >= 15 is 0 Å². The average molecular weight is 464 g/mol. The van der Waals surface area contributed by atoms with Crippen molar-refractivity contribution in [1.29, 1.82) is 0 Å². The number of allylic oxidation sites excluding steroid dienone is 1. The van der Waals surface area contributed by atoms with Crippen LogP contribution in [0, 0.1) is 11.6 Å². The number of rotatable bonds is 5. The minimum atomic E-state index is -0.700. The first-order valence-corrected chi connectivity index (χ1v) is 11.0. The van der Waals surface area contributed by atoms with Gasteiger partial charge in [0, 0.05) is 16.1 Å². The van der Waals surface area contributed by atoms with Crippen LogP contribution in [0.15, 0.2) is 76.3 Å². The average Bonchev–Trinajstić information content (AvgIpc) is 3.49. The number of thiophene rings is 1. The normalized spacial score (nSPS) is 16.3. The second-order valence-electron chi connectivity index (χ2n) is 7.54. The van der Waals surface area contributed by atoms with Gasteiger partial charge in [0.15, 0.2) is 0 Å². The van der Waals surface area contributed by atoms with Gasteiger partial charge in [-0.25, -0.2) is 13.6 Å². The molecule has 1 N–H and O–H groups in total. The summed E-state index contributed by atoms with van der Waals surface area (Å²) < 4.78 is 33.3. The van der Waals surface area contributed by atoms with Crippen molar-refractivity contribution in [2.24, 2.45) is 0 Å². The largest absolute Gasteiger partial charge is 0.334 e. The summed E-state index contributed by atoms with van der Waals surface area (Å²) in [4.78, 5) is 20.1. The summed E-state index contributed by atoms with van der Waals surface area (Å²) in [6, 6.07) is 14.7. The molecule has 2 aromatic heterocycles. The van der Waals surface area contributed by atoms with E-state index in [0.29, 0.717) is 28.9 Å². The summed E-state index contributed by atoms with van der Waals surface area (Å²) in [6.07, 6.45) is 0. The highest BCUT2D eigenvalue weighted by Gasteiger charge is 2.36. The Morgan fingerprint density at radius 2 is 1.88 bits per heavy atom. The van der Waals surface area contributed by atoms with Gasteiger partial charge in [-0.3, -0.25) is 4.90 Å². The van der Waals surface area contributed by atoms with Crippen LogP contribution in [-0.4, -0.2) is 21.1 Å². The maximum Gasteiger partial charge on any atom is 0.322 e. The molecule has 2 aromatic carbocycles. The molecule has 166 valence electrons. The Labute approximate surface area is 192 Å². The number of urea groups is 1. The Hall–Kier alpha value is -3.85. The van der Waals surface area contributed by atoms with E-state index in [9.17, 15) is 13.6 Å². The SMILES string of the molecule is CC1=C(c2nc(-c3cccc(F)c3)no2)C(c2cccc(F)c2)NC(=O)N1Cc1cccs1. The molecule has 0 fully saturated rings. The summed E-state index contributed by atoms with van der Waals surface area (Å²) in [5, 5.41) is 8.89. The van der Waals surface area contributed by atoms with Crippen LogP contribution < -0.4 is 5.32 Å². The fraction of sp³-hybridized carbons (Fsp3) is 0.125. The first kappa shape index (κ1) is 21.0. The molecule has 1 unspecified atom stereocenters. The van der Waals surface area contributed by atoms with E-state index in [2.05, 4.69) is 15.5 Å². The number of halogens is 2. The van der Waals surface area contributed by atoms with E-state index in [0.717, 1.165) is 4.88 Å². The van der Waals surface area contributed by atoms with Crippen LogP contribution in [0.3, 0.4) is 0 Å². The Morgan fingerprint density at radius 3 is 2.61 bits per heavy atom. The summed E-state index contributed by atoms with van der Waals surface area (Å²) in [5.74, 6) is -0.466. The van der Waals surface area contributed by atoms with Crippen molar-refractivity contribution in [1.82, 2.24) is 20.4 Å². The maximum atomic E-state index is 14.0. The van der Waals surface area contributed by atoms with Gasteiger partial charge in [-0.05, 0) is 48.2 Å². The van der Waals surface area contributed by atoms with Crippen LogP contribution in [0.2, 0.25) is 0 Å². The van der Waals surface area contributed by atoms with Crippen molar-refractivity contribution in [3.63, 3.8) is 0 Å². The quantitative estimate of drug-likeness (QED) is 0.407. The van der Waals surface area contributed by atoms with Gasteiger partial charge in [0.1, 0.15) is 11.6 Å². The lowest BCUT2D eigenvalue weighted by Crippen LogP contribution is -2.45. The standard InChI is InChI=1S/C24H18F2N4O2S/c1-14-20(23-28-22(29-32-23)16-6-3-8-18(26)12-16)21(15-5-2-7-17(25)11-15)27-24(31)30(14)13-19-9-4-10-33-19/h2-12,21H,13H2,1H3,(H,27,31). The van der Waals surface area contributed by atoms with E-state index in [1.165, 1.54) is 35.6 Å². The molecule has 6 nitrogen and oxygen atoms in total. The molecule has 0 saturated carbocycles. The maximum absolute atomic E-state index is 14.0. The highest BCUT2D eigenvalue weighted by atomic mass is 32.1. The highest BCUT2D eigenvalue weighted by Crippen LogP contribution is 2.38. The lowest BCUT2D eigenvalue weighted by Gasteiger charge is -2.35. The van der Waals surface area contributed by atoms with E-state index in [-0.39, 0.29) is 17.7 Å². The first-order chi connectivity index (χ1) is 16.0. The van der Waals surface area contributed by atoms with Crippen LogP contribution in [-0.2, 0) is 6.54 Å². The molecule has 1 aliphatic heterocycles. The molecule has 1 atom stereocenters. The number of benzene rings is 2. The topological polar surface area (TPSA) is 71.3 Å². The lowest BCUT2D eigenvalue weighted by molar-refractivity contribution is 0.203. The van der Waals surface area contributed by atoms with Gasteiger partial charge < -0.3 is 9.84 Å². The van der Waals surface area contributed by atoms with E-state index in [4.69, 9.17) is 4.52 Å². The first-order valence-electron chi connectivity index (χ1n) is 10.2. The molecular weight excluding hydrogens is 446 g/mol. The predicted octanol–water partition coefficient (Wildman–Crippen LogP) is 5.77. The van der Waals surface area contributed by atoms with Crippen molar-refractivity contribution >= 4 is 22.9 Å². The molecular formula is C24H18F2N4O2S. The van der Waals surface area contributed by atoms with Gasteiger partial charge in [-0.1, -0.05) is 35.5 Å². The molecule has 5 rings (SSSR count).